The number of rotatable bonds is 8. The predicted molar refractivity (Wildman–Crippen MR) is 126 cm³/mol. The zero-order valence-corrected chi connectivity index (χ0v) is 19.3. The fourth-order valence-electron chi connectivity index (χ4n) is 3.16. The lowest BCUT2D eigenvalue weighted by Gasteiger charge is -2.24. The van der Waals surface area contributed by atoms with Crippen molar-refractivity contribution in [2.75, 3.05) is 5.32 Å². The summed E-state index contributed by atoms with van der Waals surface area (Å²) in [5, 5.41) is 13.2. The largest absolute Gasteiger partial charge is 0.457 e. The number of ether oxygens (including phenoxy) is 2. The highest BCUT2D eigenvalue weighted by molar-refractivity contribution is 6.33. The minimum atomic E-state index is -1.45. The van der Waals surface area contributed by atoms with Gasteiger partial charge in [-0.1, -0.05) is 49.7 Å². The number of aryl methyl sites for hydroxylation is 1. The molecule has 0 aliphatic heterocycles. The van der Waals surface area contributed by atoms with Crippen molar-refractivity contribution in [1.82, 2.24) is 0 Å². The third kappa shape index (κ3) is 6.24. The van der Waals surface area contributed by atoms with E-state index < -0.39 is 23.9 Å². The SMILES string of the molecule is Cc1ccc(NC(C(=O)OC(C#N)c2cc(Oc3ccccc3)ccc2F)C(C)C)c(Cl)c1. The average Bonchev–Trinajstić information content (AvgIpc) is 2.78. The first-order valence-corrected chi connectivity index (χ1v) is 10.8. The standard InChI is InChI=1S/C26H24ClFN2O3/c1-16(2)25(30-23-12-9-17(3)13-21(23)27)26(31)33-24(15-29)20-14-19(10-11-22(20)28)32-18-7-5-4-6-8-18/h4-14,16,24-25,30H,1-3H3. The van der Waals surface area contributed by atoms with Crippen LogP contribution in [0.1, 0.15) is 31.1 Å². The Bertz CT molecular complexity index is 1160. The number of para-hydroxylation sites is 1. The van der Waals surface area contributed by atoms with Gasteiger partial charge in [0.15, 0.2) is 0 Å². The third-order valence-corrected chi connectivity index (χ3v) is 5.25. The van der Waals surface area contributed by atoms with Crippen molar-refractivity contribution >= 4 is 23.3 Å². The van der Waals surface area contributed by atoms with Gasteiger partial charge in [0, 0.05) is 5.56 Å². The van der Waals surface area contributed by atoms with Crippen LogP contribution in [0, 0.1) is 30.0 Å². The zero-order chi connectivity index (χ0) is 24.0. The number of esters is 1. The molecule has 0 fully saturated rings. The summed E-state index contributed by atoms with van der Waals surface area (Å²) >= 11 is 6.29. The Kier molecular flexibility index (Phi) is 7.92. The van der Waals surface area contributed by atoms with E-state index in [4.69, 9.17) is 21.1 Å². The number of carbonyl (C=O) groups is 1. The Balaban J connectivity index is 1.80. The molecule has 0 aliphatic rings. The monoisotopic (exact) mass is 466 g/mol. The van der Waals surface area contributed by atoms with Gasteiger partial charge in [0.25, 0.3) is 0 Å². The highest BCUT2D eigenvalue weighted by Gasteiger charge is 2.29. The highest BCUT2D eigenvalue weighted by Crippen LogP contribution is 2.30. The van der Waals surface area contributed by atoms with Gasteiger partial charge in [-0.25, -0.2) is 9.18 Å². The molecule has 0 aromatic heterocycles. The Labute approximate surface area is 197 Å². The second-order valence-corrected chi connectivity index (χ2v) is 8.30. The van der Waals surface area contributed by atoms with Crippen molar-refractivity contribution in [3.63, 3.8) is 0 Å². The van der Waals surface area contributed by atoms with Crippen molar-refractivity contribution in [1.29, 1.82) is 5.26 Å². The molecule has 0 amide bonds. The van der Waals surface area contributed by atoms with Gasteiger partial charge >= 0.3 is 5.97 Å². The number of hydrogen-bond acceptors (Lipinski definition) is 5. The molecule has 5 nitrogen and oxygen atoms in total. The second-order valence-electron chi connectivity index (χ2n) is 7.89. The van der Waals surface area contributed by atoms with Crippen LogP contribution in [0.25, 0.3) is 0 Å². The lowest BCUT2D eigenvalue weighted by atomic mass is 10.0. The molecule has 33 heavy (non-hydrogen) atoms. The molecule has 7 heteroatoms. The van der Waals surface area contributed by atoms with Gasteiger partial charge < -0.3 is 14.8 Å². The molecule has 3 rings (SSSR count). The quantitative estimate of drug-likeness (QED) is 0.368. The van der Waals surface area contributed by atoms with Gasteiger partial charge in [-0.3, -0.25) is 0 Å². The van der Waals surface area contributed by atoms with Crippen molar-refractivity contribution in [2.45, 2.75) is 32.9 Å². The number of halogens is 2. The third-order valence-electron chi connectivity index (χ3n) is 4.94. The average molecular weight is 467 g/mol. The van der Waals surface area contributed by atoms with Crippen molar-refractivity contribution in [3.05, 3.63) is 88.7 Å². The van der Waals surface area contributed by atoms with Crippen LogP contribution in [0.4, 0.5) is 10.1 Å². The molecule has 3 aromatic carbocycles. The van der Waals surface area contributed by atoms with Gasteiger partial charge in [0.1, 0.15) is 29.4 Å². The summed E-state index contributed by atoms with van der Waals surface area (Å²) in [6, 6.07) is 19.4. The van der Waals surface area contributed by atoms with E-state index in [9.17, 15) is 14.4 Å². The van der Waals surface area contributed by atoms with Crippen LogP contribution >= 0.6 is 11.6 Å². The molecule has 2 atom stereocenters. The van der Waals surface area contributed by atoms with Crippen LogP contribution in [0.2, 0.25) is 5.02 Å². The van der Waals surface area contributed by atoms with Crippen molar-refractivity contribution in [3.8, 4) is 17.6 Å². The Morgan fingerprint density at radius 1 is 1.06 bits per heavy atom. The van der Waals surface area contributed by atoms with Crippen molar-refractivity contribution < 1.29 is 18.7 Å². The maximum absolute atomic E-state index is 14.6. The van der Waals surface area contributed by atoms with Crippen LogP contribution < -0.4 is 10.1 Å². The lowest BCUT2D eigenvalue weighted by Crippen LogP contribution is -2.36. The van der Waals surface area contributed by atoms with E-state index in [-0.39, 0.29) is 11.5 Å². The number of benzene rings is 3. The zero-order valence-electron chi connectivity index (χ0n) is 18.5. The van der Waals surface area contributed by atoms with Gasteiger partial charge in [-0.2, -0.15) is 5.26 Å². The summed E-state index contributed by atoms with van der Waals surface area (Å²) in [6.07, 6.45) is -1.45. The van der Waals surface area contributed by atoms with E-state index in [1.54, 1.807) is 36.4 Å². The van der Waals surface area contributed by atoms with Crippen LogP contribution in [0.15, 0.2) is 66.7 Å². The minimum Gasteiger partial charge on any atom is -0.457 e. The van der Waals surface area contributed by atoms with Crippen LogP contribution in [0.5, 0.6) is 11.5 Å². The molecule has 3 aromatic rings. The van der Waals surface area contributed by atoms with Gasteiger partial charge in [-0.05, 0) is 60.9 Å². The number of anilines is 1. The van der Waals surface area contributed by atoms with Crippen molar-refractivity contribution in [2.24, 2.45) is 5.92 Å². The van der Waals surface area contributed by atoms with Gasteiger partial charge in [0.2, 0.25) is 6.10 Å². The fourth-order valence-corrected chi connectivity index (χ4v) is 3.45. The topological polar surface area (TPSA) is 71.3 Å². The molecule has 0 radical (unpaired) electrons. The van der Waals surface area contributed by atoms with E-state index in [0.29, 0.717) is 22.2 Å². The summed E-state index contributed by atoms with van der Waals surface area (Å²) < 4.78 is 25.7. The number of nitrogens with zero attached hydrogens (tertiary/aromatic N) is 1. The molecular formula is C26H24ClFN2O3. The molecule has 0 heterocycles. The first-order chi connectivity index (χ1) is 15.8. The Morgan fingerprint density at radius 3 is 2.42 bits per heavy atom. The number of carbonyl (C=O) groups excluding carboxylic acids is 1. The molecule has 0 saturated heterocycles. The molecule has 1 N–H and O–H groups in total. The maximum Gasteiger partial charge on any atom is 0.330 e. The van der Waals surface area contributed by atoms with Crippen LogP contribution in [-0.2, 0) is 9.53 Å². The normalized spacial score (nSPS) is 12.5. The van der Waals surface area contributed by atoms with Crippen LogP contribution in [-0.4, -0.2) is 12.0 Å². The molecule has 0 saturated carbocycles. The first kappa shape index (κ1) is 24.1. The predicted octanol–water partition coefficient (Wildman–Crippen LogP) is 6.82. The Morgan fingerprint density at radius 2 is 1.79 bits per heavy atom. The van der Waals surface area contributed by atoms with Gasteiger partial charge in [-0.15, -0.1) is 0 Å². The molecule has 0 bridgehead atoms. The molecule has 0 aliphatic carbocycles. The Hall–Kier alpha value is -3.56. The smallest absolute Gasteiger partial charge is 0.330 e. The first-order valence-electron chi connectivity index (χ1n) is 10.4. The number of nitriles is 1. The van der Waals surface area contributed by atoms with Gasteiger partial charge in [0.05, 0.1) is 10.7 Å². The maximum atomic E-state index is 14.6. The van der Waals surface area contributed by atoms with E-state index in [0.717, 1.165) is 5.56 Å². The highest BCUT2D eigenvalue weighted by atomic mass is 35.5. The van der Waals surface area contributed by atoms with E-state index in [1.807, 2.05) is 39.0 Å². The number of hydrogen-bond donors (Lipinski definition) is 1. The minimum absolute atomic E-state index is 0.0878. The number of nitrogens with one attached hydrogen (secondary N) is 1. The molecule has 2 unspecified atom stereocenters. The molecule has 0 spiro atoms. The summed E-state index contributed by atoms with van der Waals surface area (Å²) in [5.41, 5.74) is 1.46. The lowest BCUT2D eigenvalue weighted by molar-refractivity contribution is -0.148. The molecular weight excluding hydrogens is 443 g/mol. The second kappa shape index (κ2) is 10.8. The van der Waals surface area contributed by atoms with E-state index >= 15 is 0 Å². The van der Waals surface area contributed by atoms with Crippen LogP contribution in [0.3, 0.4) is 0 Å². The molecule has 170 valence electrons. The summed E-state index contributed by atoms with van der Waals surface area (Å²) in [5.74, 6) is -0.683. The summed E-state index contributed by atoms with van der Waals surface area (Å²) in [7, 11) is 0. The summed E-state index contributed by atoms with van der Waals surface area (Å²) in [4.78, 5) is 13.0. The van der Waals surface area contributed by atoms with E-state index in [1.165, 1.54) is 18.2 Å². The fraction of sp³-hybridized carbons (Fsp3) is 0.231. The summed E-state index contributed by atoms with van der Waals surface area (Å²) in [6.45, 7) is 5.57. The van der Waals surface area contributed by atoms with E-state index in [2.05, 4.69) is 5.32 Å².